The van der Waals surface area contributed by atoms with Crippen LogP contribution in [0, 0.1) is 11.7 Å². The zero-order valence-electron chi connectivity index (χ0n) is 27.1. The molecule has 4 rings (SSSR count). The van der Waals surface area contributed by atoms with E-state index in [0.29, 0.717) is 37.4 Å². The van der Waals surface area contributed by atoms with Crippen LogP contribution in [0.2, 0.25) is 0 Å². The van der Waals surface area contributed by atoms with Crippen molar-refractivity contribution in [2.45, 2.75) is 90.3 Å². The van der Waals surface area contributed by atoms with Gasteiger partial charge in [0, 0.05) is 51.3 Å². The van der Waals surface area contributed by atoms with Gasteiger partial charge in [0.15, 0.2) is 0 Å². The van der Waals surface area contributed by atoms with Crippen LogP contribution in [0.4, 0.5) is 15.9 Å². The largest absolute Gasteiger partial charge is 0.344 e. The van der Waals surface area contributed by atoms with Gasteiger partial charge in [0.05, 0.1) is 5.69 Å². The highest BCUT2D eigenvalue weighted by atomic mass is 19.1. The number of carbonyl (C=O) groups is 4. The molecule has 1 aromatic heterocycles. The number of piperazine rings is 1. The minimum Gasteiger partial charge on any atom is -0.344 e. The van der Waals surface area contributed by atoms with Crippen molar-refractivity contribution in [2.24, 2.45) is 5.92 Å². The summed E-state index contributed by atoms with van der Waals surface area (Å²) >= 11 is 0. The van der Waals surface area contributed by atoms with Crippen molar-refractivity contribution in [3.8, 4) is 0 Å². The summed E-state index contributed by atoms with van der Waals surface area (Å²) in [6, 6.07) is 6.53. The van der Waals surface area contributed by atoms with E-state index >= 15 is 4.39 Å². The van der Waals surface area contributed by atoms with Crippen LogP contribution in [0.1, 0.15) is 77.2 Å². The third-order valence-electron chi connectivity index (χ3n) is 9.43. The molecule has 2 heterocycles. The molecule has 4 amide bonds. The number of amides is 4. The predicted octanol–water partition coefficient (Wildman–Crippen LogP) is 4.36. The number of aryl methyl sites for hydroxylation is 1. The number of hydrogen-bond acceptors (Lipinski definition) is 5. The molecule has 1 saturated heterocycles. The summed E-state index contributed by atoms with van der Waals surface area (Å²) in [6.45, 7) is 8.73. The van der Waals surface area contributed by atoms with E-state index in [1.54, 1.807) is 24.8 Å². The lowest BCUT2D eigenvalue weighted by atomic mass is 9.89. The van der Waals surface area contributed by atoms with Crippen LogP contribution in [0.15, 0.2) is 36.5 Å². The molecule has 2 N–H and O–H groups in total. The van der Waals surface area contributed by atoms with Gasteiger partial charge < -0.3 is 25.0 Å². The number of rotatable bonds is 12. The number of nitrogens with zero attached hydrogens (tertiary/aromatic N) is 4. The fourth-order valence-corrected chi connectivity index (χ4v) is 6.58. The molecule has 2 aliphatic rings. The molecule has 0 bridgehead atoms. The molecule has 1 saturated carbocycles. The normalized spacial score (nSPS) is 18.4. The van der Waals surface area contributed by atoms with E-state index in [4.69, 9.17) is 0 Å². The van der Waals surface area contributed by atoms with E-state index in [2.05, 4.69) is 15.5 Å². The quantitative estimate of drug-likeness (QED) is 0.270. The van der Waals surface area contributed by atoms with Gasteiger partial charge in [-0.3, -0.25) is 24.1 Å². The van der Waals surface area contributed by atoms with Gasteiger partial charge in [0.1, 0.15) is 23.7 Å². The first kappa shape index (κ1) is 34.1. The van der Waals surface area contributed by atoms with Gasteiger partial charge in [-0.1, -0.05) is 45.6 Å². The van der Waals surface area contributed by atoms with Gasteiger partial charge >= 0.3 is 0 Å². The van der Waals surface area contributed by atoms with E-state index in [-0.39, 0.29) is 29.8 Å². The average Bonchev–Trinajstić information content (AvgIpc) is 3.36. The molecule has 1 aliphatic heterocycles. The van der Waals surface area contributed by atoms with Crippen LogP contribution >= 0.6 is 0 Å². The fraction of sp³-hybridized carbons (Fsp3) is 0.588. The van der Waals surface area contributed by atoms with Crippen molar-refractivity contribution in [3.63, 3.8) is 0 Å². The summed E-state index contributed by atoms with van der Waals surface area (Å²) in [5.41, 5.74) is 0.538. The number of carbonyl (C=O) groups excluding carboxylic acids is 4. The summed E-state index contributed by atoms with van der Waals surface area (Å²) in [6.07, 6.45) is 8.53. The number of hydrogen-bond donors (Lipinski definition) is 2. The summed E-state index contributed by atoms with van der Waals surface area (Å²) in [5.74, 6) is -1.47. The number of anilines is 2. The molecular formula is C34H49FN6O4. The SMILES string of the molecule is CCC(=O)N[C@@H](C(=O)N1CCN(C)CC1)[C@@H](C)c1ccc(NC(=O)[C@H](C2CCCCCC2)N(C=O)c2cccn2CC)c(F)c1. The standard InChI is InChI=1S/C34H49FN6O4/c1-5-29(43)37-31(34(45)40-20-18-38(4)19-21-40)24(3)26-15-16-28(27(35)22-26)36-33(44)32(25-12-9-7-8-10-13-25)41(23-42)30-14-11-17-39(30)6-2/h11,14-17,22-25,31-32H,5-10,12-13,18-21H2,1-4H3,(H,36,44)(H,37,43)/t24-,31+,32-/m0/s1. The van der Waals surface area contributed by atoms with Crippen LogP contribution in [-0.4, -0.2) is 83.8 Å². The highest BCUT2D eigenvalue weighted by Gasteiger charge is 2.36. The van der Waals surface area contributed by atoms with Crippen LogP contribution < -0.4 is 15.5 Å². The lowest BCUT2D eigenvalue weighted by Crippen LogP contribution is -2.55. The maximum atomic E-state index is 15.7. The Kier molecular flexibility index (Phi) is 12.2. The summed E-state index contributed by atoms with van der Waals surface area (Å²) in [7, 11) is 2.00. The molecule has 10 nitrogen and oxygen atoms in total. The zero-order valence-corrected chi connectivity index (χ0v) is 27.1. The van der Waals surface area contributed by atoms with Crippen molar-refractivity contribution < 1.29 is 23.6 Å². The number of benzene rings is 1. The molecule has 3 atom stereocenters. The van der Waals surface area contributed by atoms with Gasteiger partial charge in [0.25, 0.3) is 0 Å². The molecule has 11 heteroatoms. The molecule has 45 heavy (non-hydrogen) atoms. The lowest BCUT2D eigenvalue weighted by molar-refractivity contribution is -0.138. The van der Waals surface area contributed by atoms with Crippen LogP contribution in [0.25, 0.3) is 0 Å². The van der Waals surface area contributed by atoms with E-state index in [9.17, 15) is 19.2 Å². The highest BCUT2D eigenvalue weighted by molar-refractivity contribution is 6.00. The molecule has 1 aromatic carbocycles. The van der Waals surface area contributed by atoms with Crippen molar-refractivity contribution >= 4 is 35.6 Å². The van der Waals surface area contributed by atoms with Gasteiger partial charge in [-0.25, -0.2) is 4.39 Å². The number of halogens is 1. The van der Waals surface area contributed by atoms with Gasteiger partial charge in [-0.2, -0.15) is 0 Å². The van der Waals surface area contributed by atoms with E-state index in [1.807, 2.05) is 36.9 Å². The molecule has 2 aromatic rings. The number of likely N-dealkylation sites (N-methyl/N-ethyl adjacent to an activating group) is 1. The van der Waals surface area contributed by atoms with Crippen LogP contribution in [-0.2, 0) is 25.7 Å². The Balaban J connectivity index is 1.57. The minimum atomic E-state index is -0.851. The second-order valence-electron chi connectivity index (χ2n) is 12.4. The molecule has 2 fully saturated rings. The molecule has 0 unspecified atom stereocenters. The lowest BCUT2D eigenvalue weighted by Gasteiger charge is -2.36. The Bertz CT molecular complexity index is 1320. The van der Waals surface area contributed by atoms with Crippen molar-refractivity contribution in [3.05, 3.63) is 47.9 Å². The Morgan fingerprint density at radius 2 is 1.73 bits per heavy atom. The monoisotopic (exact) mass is 624 g/mol. The first-order chi connectivity index (χ1) is 21.7. The second kappa shape index (κ2) is 16.0. The minimum absolute atomic E-state index is 0.00540. The first-order valence-electron chi connectivity index (χ1n) is 16.4. The van der Waals surface area contributed by atoms with Crippen molar-refractivity contribution in [2.75, 3.05) is 43.4 Å². The maximum absolute atomic E-state index is 15.7. The third-order valence-corrected chi connectivity index (χ3v) is 9.43. The van der Waals surface area contributed by atoms with Crippen LogP contribution in [0.3, 0.4) is 0 Å². The van der Waals surface area contributed by atoms with Gasteiger partial charge in [-0.05, 0) is 62.6 Å². The maximum Gasteiger partial charge on any atom is 0.247 e. The second-order valence-corrected chi connectivity index (χ2v) is 12.4. The van der Waals surface area contributed by atoms with Crippen molar-refractivity contribution in [1.29, 1.82) is 0 Å². The number of nitrogens with one attached hydrogen (secondary N) is 2. The highest BCUT2D eigenvalue weighted by Crippen LogP contribution is 2.32. The third kappa shape index (κ3) is 8.31. The Hall–Kier alpha value is -3.73. The smallest absolute Gasteiger partial charge is 0.247 e. The molecule has 1 aliphatic carbocycles. The summed E-state index contributed by atoms with van der Waals surface area (Å²) < 4.78 is 17.6. The van der Waals surface area contributed by atoms with E-state index in [0.717, 1.165) is 51.6 Å². The first-order valence-corrected chi connectivity index (χ1v) is 16.4. The Morgan fingerprint density at radius 3 is 2.33 bits per heavy atom. The fourth-order valence-electron chi connectivity index (χ4n) is 6.58. The molecule has 246 valence electrons. The van der Waals surface area contributed by atoms with Gasteiger partial charge in [-0.15, -0.1) is 0 Å². The topological polar surface area (TPSA) is 107 Å². The van der Waals surface area contributed by atoms with E-state index < -0.39 is 29.7 Å². The molecule has 0 radical (unpaired) electrons. The Labute approximate surface area is 266 Å². The average molecular weight is 625 g/mol. The summed E-state index contributed by atoms with van der Waals surface area (Å²) in [5, 5.41) is 5.65. The van der Waals surface area contributed by atoms with Crippen LogP contribution in [0.5, 0.6) is 0 Å². The van der Waals surface area contributed by atoms with Crippen molar-refractivity contribution in [1.82, 2.24) is 19.7 Å². The Morgan fingerprint density at radius 1 is 1.04 bits per heavy atom. The number of aromatic nitrogens is 1. The summed E-state index contributed by atoms with van der Waals surface area (Å²) in [4.78, 5) is 57.9. The molecule has 0 spiro atoms. The van der Waals surface area contributed by atoms with E-state index in [1.165, 1.54) is 17.0 Å². The van der Waals surface area contributed by atoms with Gasteiger partial charge in [0.2, 0.25) is 24.1 Å². The zero-order chi connectivity index (χ0) is 32.5. The predicted molar refractivity (Wildman–Crippen MR) is 173 cm³/mol. The molecular weight excluding hydrogens is 575 g/mol.